The zero-order valence-corrected chi connectivity index (χ0v) is 11.6. The van der Waals surface area contributed by atoms with E-state index in [0.29, 0.717) is 0 Å². The maximum atomic E-state index is 3.65. The molecule has 3 heteroatoms. The fourth-order valence-corrected chi connectivity index (χ4v) is 3.31. The molecule has 1 saturated heterocycles. The van der Waals surface area contributed by atoms with Crippen molar-refractivity contribution in [1.82, 2.24) is 10.2 Å². The van der Waals surface area contributed by atoms with E-state index in [9.17, 15) is 0 Å². The summed E-state index contributed by atoms with van der Waals surface area (Å²) in [6.45, 7) is 7.05. The quantitative estimate of drug-likeness (QED) is 0.837. The fourth-order valence-electron chi connectivity index (χ4n) is 2.57. The fraction of sp³-hybridized carbons (Fsp3) is 0.714. The third kappa shape index (κ3) is 4.41. The van der Waals surface area contributed by atoms with Gasteiger partial charge in [-0.3, -0.25) is 4.90 Å². The molecule has 2 nitrogen and oxygen atoms in total. The second-order valence-corrected chi connectivity index (χ2v) is 5.99. The first-order chi connectivity index (χ1) is 8.38. The average molecular weight is 252 g/mol. The number of hydrogen-bond donors (Lipinski definition) is 1. The maximum absolute atomic E-state index is 3.65. The summed E-state index contributed by atoms with van der Waals surface area (Å²) in [6.07, 6.45) is 5.36. The summed E-state index contributed by atoms with van der Waals surface area (Å²) in [4.78, 5) is 4.10. The molecule has 1 unspecified atom stereocenters. The van der Waals surface area contributed by atoms with E-state index >= 15 is 0 Å². The molecule has 1 atom stereocenters. The van der Waals surface area contributed by atoms with Crippen molar-refractivity contribution in [2.75, 3.05) is 19.6 Å². The van der Waals surface area contributed by atoms with E-state index in [-0.39, 0.29) is 0 Å². The summed E-state index contributed by atoms with van der Waals surface area (Å²) in [7, 11) is 0. The number of nitrogens with zero attached hydrogens (tertiary/aromatic N) is 1. The Morgan fingerprint density at radius 1 is 1.47 bits per heavy atom. The van der Waals surface area contributed by atoms with Crippen LogP contribution in [0.25, 0.3) is 0 Å². The first-order valence-electron chi connectivity index (χ1n) is 6.86. The van der Waals surface area contributed by atoms with Gasteiger partial charge in [-0.15, -0.1) is 11.3 Å². The highest BCUT2D eigenvalue weighted by molar-refractivity contribution is 7.09. The van der Waals surface area contributed by atoms with E-state index in [1.807, 2.05) is 11.3 Å². The number of rotatable bonds is 6. The first kappa shape index (κ1) is 13.1. The normalized spacial score (nSPS) is 20.9. The van der Waals surface area contributed by atoms with Crippen molar-refractivity contribution in [3.05, 3.63) is 22.4 Å². The number of nitrogens with one attached hydrogen (secondary N) is 1. The Bertz CT molecular complexity index is 291. The van der Waals surface area contributed by atoms with Crippen LogP contribution in [0.2, 0.25) is 0 Å². The molecule has 17 heavy (non-hydrogen) atoms. The first-order valence-corrected chi connectivity index (χ1v) is 7.74. The second kappa shape index (κ2) is 7.14. The van der Waals surface area contributed by atoms with Crippen molar-refractivity contribution in [2.45, 2.75) is 45.2 Å². The molecule has 1 aromatic rings. The topological polar surface area (TPSA) is 15.3 Å². The molecule has 0 bridgehead atoms. The van der Waals surface area contributed by atoms with Gasteiger partial charge in [0.1, 0.15) is 0 Å². The molecule has 96 valence electrons. The van der Waals surface area contributed by atoms with E-state index in [0.717, 1.165) is 12.6 Å². The van der Waals surface area contributed by atoms with Crippen molar-refractivity contribution in [3.63, 3.8) is 0 Å². The Labute approximate surface area is 109 Å². The third-order valence-electron chi connectivity index (χ3n) is 3.39. The molecule has 0 aromatic carbocycles. The maximum Gasteiger partial charge on any atom is 0.0328 e. The molecule has 2 rings (SSSR count). The monoisotopic (exact) mass is 252 g/mol. The molecule has 1 fully saturated rings. The van der Waals surface area contributed by atoms with Gasteiger partial charge in [0, 0.05) is 24.0 Å². The van der Waals surface area contributed by atoms with Crippen LogP contribution in [0.1, 0.15) is 37.5 Å². The Hall–Kier alpha value is -0.380. The van der Waals surface area contributed by atoms with Gasteiger partial charge in [0.25, 0.3) is 0 Å². The molecule has 1 aliphatic heterocycles. The predicted molar refractivity (Wildman–Crippen MR) is 75.5 cm³/mol. The lowest BCUT2D eigenvalue weighted by Gasteiger charge is -2.30. The van der Waals surface area contributed by atoms with E-state index in [2.05, 4.69) is 34.7 Å². The van der Waals surface area contributed by atoms with Gasteiger partial charge in [0.15, 0.2) is 0 Å². The second-order valence-electron chi connectivity index (χ2n) is 4.96. The minimum Gasteiger partial charge on any atom is -0.313 e. The van der Waals surface area contributed by atoms with Crippen molar-refractivity contribution < 1.29 is 0 Å². The van der Waals surface area contributed by atoms with Gasteiger partial charge in [0.2, 0.25) is 0 Å². The average Bonchev–Trinajstić information content (AvgIpc) is 2.83. The molecule has 1 aromatic heterocycles. The van der Waals surface area contributed by atoms with Crippen LogP contribution in [0.4, 0.5) is 0 Å². The molecule has 1 N–H and O–H groups in total. The van der Waals surface area contributed by atoms with Crippen molar-refractivity contribution in [2.24, 2.45) is 0 Å². The number of piperidine rings is 1. The molecule has 0 spiro atoms. The predicted octanol–water partition coefficient (Wildman–Crippen LogP) is 3.10. The van der Waals surface area contributed by atoms with Crippen LogP contribution < -0.4 is 5.32 Å². The van der Waals surface area contributed by atoms with E-state index in [4.69, 9.17) is 0 Å². The van der Waals surface area contributed by atoms with Crippen molar-refractivity contribution in [3.8, 4) is 0 Å². The summed E-state index contributed by atoms with van der Waals surface area (Å²) in [5.41, 5.74) is 0. The summed E-state index contributed by atoms with van der Waals surface area (Å²) in [5, 5.41) is 5.83. The largest absolute Gasteiger partial charge is 0.313 e. The summed E-state index contributed by atoms with van der Waals surface area (Å²) in [5.74, 6) is 0. The summed E-state index contributed by atoms with van der Waals surface area (Å²) in [6, 6.07) is 5.13. The van der Waals surface area contributed by atoms with E-state index in [1.165, 1.54) is 50.2 Å². The van der Waals surface area contributed by atoms with Crippen LogP contribution in [0, 0.1) is 0 Å². The van der Waals surface area contributed by atoms with Gasteiger partial charge >= 0.3 is 0 Å². The SMILES string of the molecule is CCCN(Cc1cccs1)CC1CCCCN1. The molecule has 0 saturated carbocycles. The standard InChI is InChI=1S/C14H24N2S/c1-2-9-16(12-14-7-5-10-17-14)11-13-6-3-4-8-15-13/h5,7,10,13,15H,2-4,6,8-9,11-12H2,1H3. The number of thiophene rings is 1. The Morgan fingerprint density at radius 2 is 2.41 bits per heavy atom. The lowest BCUT2D eigenvalue weighted by molar-refractivity contribution is 0.219. The van der Waals surface area contributed by atoms with Crippen LogP contribution in [0.15, 0.2) is 17.5 Å². The zero-order valence-electron chi connectivity index (χ0n) is 10.8. The lowest BCUT2D eigenvalue weighted by Crippen LogP contribution is -2.43. The van der Waals surface area contributed by atoms with Crippen LogP contribution in [-0.4, -0.2) is 30.6 Å². The van der Waals surface area contributed by atoms with Gasteiger partial charge in [-0.2, -0.15) is 0 Å². The highest BCUT2D eigenvalue weighted by Crippen LogP contribution is 2.14. The molecular formula is C14H24N2S. The molecule has 0 radical (unpaired) electrons. The van der Waals surface area contributed by atoms with Gasteiger partial charge in [-0.05, 0) is 43.8 Å². The lowest BCUT2D eigenvalue weighted by atomic mass is 10.0. The van der Waals surface area contributed by atoms with E-state index < -0.39 is 0 Å². The number of hydrogen-bond acceptors (Lipinski definition) is 3. The Balaban J connectivity index is 1.83. The molecule has 0 amide bonds. The van der Waals surface area contributed by atoms with Gasteiger partial charge < -0.3 is 5.32 Å². The highest BCUT2D eigenvalue weighted by Gasteiger charge is 2.16. The summed E-state index contributed by atoms with van der Waals surface area (Å²) < 4.78 is 0. The zero-order chi connectivity index (χ0) is 11.9. The minimum absolute atomic E-state index is 0.718. The van der Waals surface area contributed by atoms with Crippen LogP contribution in [0.5, 0.6) is 0 Å². The van der Waals surface area contributed by atoms with Crippen molar-refractivity contribution >= 4 is 11.3 Å². The minimum atomic E-state index is 0.718. The third-order valence-corrected chi connectivity index (χ3v) is 4.25. The van der Waals surface area contributed by atoms with E-state index in [1.54, 1.807) is 0 Å². The van der Waals surface area contributed by atoms with Crippen LogP contribution in [-0.2, 0) is 6.54 Å². The van der Waals surface area contributed by atoms with Crippen LogP contribution in [0.3, 0.4) is 0 Å². The Kier molecular flexibility index (Phi) is 5.49. The highest BCUT2D eigenvalue weighted by atomic mass is 32.1. The smallest absolute Gasteiger partial charge is 0.0328 e. The summed E-state index contributed by atoms with van der Waals surface area (Å²) >= 11 is 1.88. The Morgan fingerprint density at radius 3 is 3.06 bits per heavy atom. The molecule has 2 heterocycles. The van der Waals surface area contributed by atoms with Gasteiger partial charge in [-0.1, -0.05) is 19.4 Å². The van der Waals surface area contributed by atoms with Crippen molar-refractivity contribution in [1.29, 1.82) is 0 Å². The van der Waals surface area contributed by atoms with Gasteiger partial charge in [0.05, 0.1) is 0 Å². The molecule has 0 aliphatic carbocycles. The molecule has 1 aliphatic rings. The van der Waals surface area contributed by atoms with Crippen LogP contribution >= 0.6 is 11.3 Å². The van der Waals surface area contributed by atoms with Gasteiger partial charge in [-0.25, -0.2) is 0 Å². The molecular weight excluding hydrogens is 228 g/mol.